The summed E-state index contributed by atoms with van der Waals surface area (Å²) in [6.45, 7) is 6.18. The van der Waals surface area contributed by atoms with Crippen molar-refractivity contribution in [2.45, 2.75) is 58.2 Å². The van der Waals surface area contributed by atoms with E-state index in [1.165, 1.54) is 0 Å². The monoisotopic (exact) mass is 369 g/mol. The van der Waals surface area contributed by atoms with E-state index in [0.29, 0.717) is 25.1 Å². The fourth-order valence-electron chi connectivity index (χ4n) is 4.22. The molecule has 0 spiro atoms. The van der Waals surface area contributed by atoms with Crippen molar-refractivity contribution in [1.29, 1.82) is 0 Å². The van der Waals surface area contributed by atoms with E-state index in [0.717, 1.165) is 60.7 Å². The lowest BCUT2D eigenvalue weighted by Crippen LogP contribution is -2.43. The van der Waals surface area contributed by atoms with Gasteiger partial charge in [0, 0.05) is 18.6 Å². The lowest BCUT2D eigenvalue weighted by atomic mass is 10.1. The van der Waals surface area contributed by atoms with E-state index in [2.05, 4.69) is 15.4 Å². The molecular formula is C21H27N3O3. The fourth-order valence-corrected chi connectivity index (χ4v) is 4.22. The Balaban J connectivity index is 1.36. The standard InChI is InChI=1S/C21H27N3O3/c1-14-20(15(2)27-23-14)13-26-19-7-3-16(4-8-19)11-21(25)24-17-5-6-18(24)12-22-10-9-17/h3-4,7-8,17-18,22H,5-6,9-13H2,1-2H3. The summed E-state index contributed by atoms with van der Waals surface area (Å²) in [7, 11) is 0. The van der Waals surface area contributed by atoms with E-state index in [4.69, 9.17) is 9.26 Å². The van der Waals surface area contributed by atoms with Gasteiger partial charge in [-0.15, -0.1) is 0 Å². The Bertz CT molecular complexity index is 766. The summed E-state index contributed by atoms with van der Waals surface area (Å²) in [5, 5.41) is 7.39. The molecule has 27 heavy (non-hydrogen) atoms. The molecule has 1 aromatic heterocycles. The van der Waals surface area contributed by atoms with E-state index in [9.17, 15) is 4.79 Å². The van der Waals surface area contributed by atoms with Gasteiger partial charge in [-0.25, -0.2) is 0 Å². The van der Waals surface area contributed by atoms with Gasteiger partial charge in [-0.1, -0.05) is 17.3 Å². The minimum absolute atomic E-state index is 0.246. The first-order valence-corrected chi connectivity index (χ1v) is 9.77. The van der Waals surface area contributed by atoms with Crippen LogP contribution in [0.5, 0.6) is 5.75 Å². The number of ether oxygens (including phenoxy) is 1. The number of aryl methyl sites for hydroxylation is 2. The van der Waals surface area contributed by atoms with Crippen LogP contribution in [-0.4, -0.2) is 41.1 Å². The van der Waals surface area contributed by atoms with E-state index in [1.54, 1.807) is 0 Å². The zero-order valence-electron chi connectivity index (χ0n) is 16.0. The van der Waals surface area contributed by atoms with Crippen LogP contribution in [0.4, 0.5) is 0 Å². The molecule has 6 heteroatoms. The topological polar surface area (TPSA) is 67.6 Å². The van der Waals surface area contributed by atoms with Crippen molar-refractivity contribution in [2.24, 2.45) is 0 Å². The molecule has 2 aliphatic rings. The maximum atomic E-state index is 12.9. The third-order valence-electron chi connectivity index (χ3n) is 5.79. The number of nitrogens with one attached hydrogen (secondary N) is 1. The third kappa shape index (κ3) is 3.86. The number of fused-ring (bicyclic) bond motifs is 2. The Labute approximate surface area is 159 Å². The van der Waals surface area contributed by atoms with Crippen LogP contribution < -0.4 is 10.1 Å². The van der Waals surface area contributed by atoms with Gasteiger partial charge in [0.05, 0.1) is 17.7 Å². The molecule has 2 fully saturated rings. The van der Waals surface area contributed by atoms with Crippen LogP contribution in [-0.2, 0) is 17.8 Å². The molecule has 0 radical (unpaired) electrons. The minimum Gasteiger partial charge on any atom is -0.489 e. The van der Waals surface area contributed by atoms with Gasteiger partial charge >= 0.3 is 0 Å². The van der Waals surface area contributed by atoms with Crippen LogP contribution in [0.25, 0.3) is 0 Å². The van der Waals surface area contributed by atoms with Crippen LogP contribution in [0.2, 0.25) is 0 Å². The molecule has 2 atom stereocenters. The van der Waals surface area contributed by atoms with E-state index < -0.39 is 0 Å². The second-order valence-corrected chi connectivity index (χ2v) is 7.59. The number of carbonyl (C=O) groups excluding carboxylic acids is 1. The van der Waals surface area contributed by atoms with Crippen molar-refractivity contribution in [3.05, 3.63) is 46.8 Å². The zero-order chi connectivity index (χ0) is 18.8. The predicted octanol–water partition coefficient (Wildman–Crippen LogP) is 2.77. The number of nitrogens with zero attached hydrogens (tertiary/aromatic N) is 2. The predicted molar refractivity (Wildman–Crippen MR) is 102 cm³/mol. The first-order valence-electron chi connectivity index (χ1n) is 9.77. The highest BCUT2D eigenvalue weighted by Gasteiger charge is 2.37. The lowest BCUT2D eigenvalue weighted by Gasteiger charge is -2.28. The molecule has 144 valence electrons. The van der Waals surface area contributed by atoms with Crippen LogP contribution in [0.1, 0.15) is 41.8 Å². The van der Waals surface area contributed by atoms with Crippen LogP contribution >= 0.6 is 0 Å². The molecule has 2 aliphatic heterocycles. The van der Waals surface area contributed by atoms with Gasteiger partial charge in [-0.3, -0.25) is 4.79 Å². The van der Waals surface area contributed by atoms with E-state index in [1.807, 2.05) is 38.1 Å². The third-order valence-corrected chi connectivity index (χ3v) is 5.79. The smallest absolute Gasteiger partial charge is 0.227 e. The van der Waals surface area contributed by atoms with Gasteiger partial charge in [0.15, 0.2) is 0 Å². The molecule has 1 N–H and O–H groups in total. The van der Waals surface area contributed by atoms with E-state index in [-0.39, 0.29) is 5.91 Å². The maximum Gasteiger partial charge on any atom is 0.227 e. The Hall–Kier alpha value is -2.34. The van der Waals surface area contributed by atoms with Crippen LogP contribution in [0.3, 0.4) is 0 Å². The molecular weight excluding hydrogens is 342 g/mol. The summed E-state index contributed by atoms with van der Waals surface area (Å²) in [6, 6.07) is 8.60. The quantitative estimate of drug-likeness (QED) is 0.878. The zero-order valence-corrected chi connectivity index (χ0v) is 16.0. The van der Waals surface area contributed by atoms with Gasteiger partial charge in [0.25, 0.3) is 0 Å². The van der Waals surface area contributed by atoms with Gasteiger partial charge in [0.1, 0.15) is 18.1 Å². The Morgan fingerprint density at radius 2 is 2.00 bits per heavy atom. The maximum absolute atomic E-state index is 12.9. The number of hydrogen-bond acceptors (Lipinski definition) is 5. The summed E-state index contributed by atoms with van der Waals surface area (Å²) in [5.41, 5.74) is 2.87. The number of benzene rings is 1. The molecule has 2 unspecified atom stereocenters. The fraction of sp³-hybridized carbons (Fsp3) is 0.524. The molecule has 0 saturated carbocycles. The highest BCUT2D eigenvalue weighted by Crippen LogP contribution is 2.28. The summed E-state index contributed by atoms with van der Waals surface area (Å²) in [4.78, 5) is 15.0. The van der Waals surface area contributed by atoms with Crippen LogP contribution in [0.15, 0.2) is 28.8 Å². The Morgan fingerprint density at radius 1 is 1.22 bits per heavy atom. The van der Waals surface area contributed by atoms with Crippen molar-refractivity contribution < 1.29 is 14.1 Å². The number of aromatic nitrogens is 1. The summed E-state index contributed by atoms with van der Waals surface area (Å²) in [6.07, 6.45) is 3.79. The second-order valence-electron chi connectivity index (χ2n) is 7.59. The summed E-state index contributed by atoms with van der Waals surface area (Å²) >= 11 is 0. The largest absolute Gasteiger partial charge is 0.489 e. The number of carbonyl (C=O) groups is 1. The number of hydrogen-bond donors (Lipinski definition) is 1. The normalized spacial score (nSPS) is 21.9. The molecule has 6 nitrogen and oxygen atoms in total. The van der Waals surface area contributed by atoms with Gasteiger partial charge in [-0.2, -0.15) is 0 Å². The molecule has 2 bridgehead atoms. The Kier molecular flexibility index (Phi) is 5.16. The first kappa shape index (κ1) is 18.0. The number of rotatable bonds is 5. The SMILES string of the molecule is Cc1noc(C)c1COc1ccc(CC(=O)N2C3CCNCC2CC3)cc1. The molecule has 3 heterocycles. The van der Waals surface area contributed by atoms with Crippen molar-refractivity contribution in [3.8, 4) is 5.75 Å². The van der Waals surface area contributed by atoms with Crippen LogP contribution in [0, 0.1) is 13.8 Å². The van der Waals surface area contributed by atoms with Gasteiger partial charge in [-0.05, 0) is 57.4 Å². The molecule has 2 aromatic rings. The van der Waals surface area contributed by atoms with Crippen molar-refractivity contribution >= 4 is 5.91 Å². The summed E-state index contributed by atoms with van der Waals surface area (Å²) in [5.74, 6) is 1.82. The van der Waals surface area contributed by atoms with Gasteiger partial charge in [0.2, 0.25) is 5.91 Å². The number of amides is 1. The van der Waals surface area contributed by atoms with Crippen molar-refractivity contribution in [1.82, 2.24) is 15.4 Å². The highest BCUT2D eigenvalue weighted by atomic mass is 16.5. The molecule has 1 amide bonds. The average Bonchev–Trinajstić information content (AvgIpc) is 3.11. The molecule has 0 aliphatic carbocycles. The molecule has 1 aromatic carbocycles. The summed E-state index contributed by atoms with van der Waals surface area (Å²) < 4.78 is 11.0. The highest BCUT2D eigenvalue weighted by molar-refractivity contribution is 5.80. The molecule has 2 saturated heterocycles. The van der Waals surface area contributed by atoms with Crippen molar-refractivity contribution in [2.75, 3.05) is 13.1 Å². The first-order chi connectivity index (χ1) is 13.1. The minimum atomic E-state index is 0.246. The lowest BCUT2D eigenvalue weighted by molar-refractivity contribution is -0.133. The van der Waals surface area contributed by atoms with E-state index >= 15 is 0 Å². The Morgan fingerprint density at radius 3 is 2.74 bits per heavy atom. The van der Waals surface area contributed by atoms with Crippen molar-refractivity contribution in [3.63, 3.8) is 0 Å². The second kappa shape index (κ2) is 7.72. The van der Waals surface area contributed by atoms with Gasteiger partial charge < -0.3 is 19.5 Å². The average molecular weight is 369 g/mol. The molecule has 4 rings (SSSR count).